The van der Waals surface area contributed by atoms with Gasteiger partial charge in [-0.05, 0) is 42.4 Å². The summed E-state index contributed by atoms with van der Waals surface area (Å²) in [6.07, 6.45) is 1.68. The highest BCUT2D eigenvalue weighted by atomic mass is 35.5. The molecular formula is C27H32ClN5O4. The van der Waals surface area contributed by atoms with Crippen molar-refractivity contribution in [3.8, 4) is 28.8 Å². The SMILES string of the molecule is COc1ncc(-c2ccc(OCC(=O)NCc3ccc(Cl)cc3)c(CN3CCN(C)CC3)c2)c(OC)n1. The molecule has 0 saturated carbocycles. The van der Waals surface area contributed by atoms with Gasteiger partial charge in [0.2, 0.25) is 5.88 Å². The fourth-order valence-electron chi connectivity index (χ4n) is 4.06. The second-order valence-electron chi connectivity index (χ2n) is 8.87. The minimum Gasteiger partial charge on any atom is -0.483 e. The number of piperazine rings is 1. The van der Waals surface area contributed by atoms with Crippen molar-refractivity contribution in [3.05, 3.63) is 64.8 Å². The van der Waals surface area contributed by atoms with Crippen LogP contribution in [0, 0.1) is 0 Å². The minimum atomic E-state index is -0.199. The number of ether oxygens (including phenoxy) is 3. The van der Waals surface area contributed by atoms with Crippen molar-refractivity contribution in [2.45, 2.75) is 13.1 Å². The molecule has 3 aromatic rings. The molecule has 1 saturated heterocycles. The molecule has 1 fully saturated rings. The van der Waals surface area contributed by atoms with Crippen molar-refractivity contribution < 1.29 is 19.0 Å². The summed E-state index contributed by atoms with van der Waals surface area (Å²) < 4.78 is 16.6. The number of benzene rings is 2. The maximum absolute atomic E-state index is 12.5. The molecule has 4 rings (SSSR count). The monoisotopic (exact) mass is 525 g/mol. The summed E-state index contributed by atoms with van der Waals surface area (Å²) >= 11 is 5.93. The second kappa shape index (κ2) is 12.7. The molecule has 2 heterocycles. The van der Waals surface area contributed by atoms with Crippen LogP contribution < -0.4 is 19.5 Å². The second-order valence-corrected chi connectivity index (χ2v) is 9.31. The Hall–Kier alpha value is -3.40. The molecule has 0 aliphatic carbocycles. The van der Waals surface area contributed by atoms with Crippen LogP contribution >= 0.6 is 11.6 Å². The normalized spacial score (nSPS) is 14.3. The van der Waals surface area contributed by atoms with Crippen LogP contribution in [0.5, 0.6) is 17.6 Å². The number of carbonyl (C=O) groups excluding carboxylic acids is 1. The van der Waals surface area contributed by atoms with Gasteiger partial charge in [0, 0.05) is 56.1 Å². The highest BCUT2D eigenvalue weighted by Gasteiger charge is 2.19. The van der Waals surface area contributed by atoms with E-state index in [1.54, 1.807) is 25.4 Å². The lowest BCUT2D eigenvalue weighted by molar-refractivity contribution is -0.123. The molecule has 0 spiro atoms. The fourth-order valence-corrected chi connectivity index (χ4v) is 4.18. The molecule has 10 heteroatoms. The number of likely N-dealkylation sites (N-methyl/N-ethyl adjacent to an activating group) is 1. The van der Waals surface area contributed by atoms with Gasteiger partial charge in [-0.15, -0.1) is 0 Å². The Morgan fingerprint density at radius 2 is 1.81 bits per heavy atom. The van der Waals surface area contributed by atoms with Gasteiger partial charge >= 0.3 is 6.01 Å². The van der Waals surface area contributed by atoms with Crippen molar-refractivity contribution in [2.75, 3.05) is 54.1 Å². The van der Waals surface area contributed by atoms with E-state index in [1.807, 2.05) is 30.3 Å². The van der Waals surface area contributed by atoms with Gasteiger partial charge in [0.1, 0.15) is 5.75 Å². The zero-order valence-corrected chi connectivity index (χ0v) is 22.1. The summed E-state index contributed by atoms with van der Waals surface area (Å²) in [5.74, 6) is 0.889. The molecule has 0 unspecified atom stereocenters. The number of hydrogen-bond donors (Lipinski definition) is 1. The third-order valence-corrected chi connectivity index (χ3v) is 6.48. The third kappa shape index (κ3) is 7.31. The lowest BCUT2D eigenvalue weighted by Crippen LogP contribution is -2.43. The summed E-state index contributed by atoms with van der Waals surface area (Å²) in [5, 5.41) is 3.55. The summed E-state index contributed by atoms with van der Waals surface area (Å²) in [5.41, 5.74) is 3.58. The summed E-state index contributed by atoms with van der Waals surface area (Å²) in [6.45, 7) is 4.93. The molecular weight excluding hydrogens is 494 g/mol. The summed E-state index contributed by atoms with van der Waals surface area (Å²) in [7, 11) is 5.21. The Balaban J connectivity index is 1.50. The average Bonchev–Trinajstić information content (AvgIpc) is 2.92. The Kier molecular flexibility index (Phi) is 9.16. The molecule has 1 aliphatic rings. The third-order valence-electron chi connectivity index (χ3n) is 6.23. The molecule has 9 nitrogen and oxygen atoms in total. The molecule has 0 bridgehead atoms. The molecule has 0 atom stereocenters. The van der Waals surface area contributed by atoms with Crippen LogP contribution in [-0.2, 0) is 17.9 Å². The van der Waals surface area contributed by atoms with Gasteiger partial charge in [0.15, 0.2) is 6.61 Å². The van der Waals surface area contributed by atoms with Gasteiger partial charge in [0.25, 0.3) is 5.91 Å². The fraction of sp³-hybridized carbons (Fsp3) is 0.370. The minimum absolute atomic E-state index is 0.0857. The summed E-state index contributed by atoms with van der Waals surface area (Å²) in [6, 6.07) is 13.5. The van der Waals surface area contributed by atoms with Crippen molar-refractivity contribution in [1.29, 1.82) is 0 Å². The Bertz CT molecular complexity index is 1200. The van der Waals surface area contributed by atoms with Crippen molar-refractivity contribution in [1.82, 2.24) is 25.1 Å². The van der Waals surface area contributed by atoms with Crippen LogP contribution in [0.25, 0.3) is 11.1 Å². The highest BCUT2D eigenvalue weighted by Crippen LogP contribution is 2.33. The van der Waals surface area contributed by atoms with Crippen LogP contribution in [0.3, 0.4) is 0 Å². The van der Waals surface area contributed by atoms with E-state index in [4.69, 9.17) is 25.8 Å². The Morgan fingerprint density at radius 3 is 2.51 bits per heavy atom. The Morgan fingerprint density at radius 1 is 1.05 bits per heavy atom. The lowest BCUT2D eigenvalue weighted by atomic mass is 10.0. The Labute approximate surface area is 222 Å². The topological polar surface area (TPSA) is 89.1 Å². The van der Waals surface area contributed by atoms with Crippen LogP contribution in [0.2, 0.25) is 5.02 Å². The molecule has 2 aromatic carbocycles. The largest absolute Gasteiger partial charge is 0.483 e. The van der Waals surface area contributed by atoms with Gasteiger partial charge in [-0.1, -0.05) is 29.8 Å². The smallest absolute Gasteiger partial charge is 0.319 e. The first kappa shape index (κ1) is 26.7. The molecule has 1 amide bonds. The number of carbonyl (C=O) groups is 1. The summed E-state index contributed by atoms with van der Waals surface area (Å²) in [4.78, 5) is 25.8. The van der Waals surface area contributed by atoms with Crippen molar-refractivity contribution >= 4 is 17.5 Å². The van der Waals surface area contributed by atoms with E-state index in [9.17, 15) is 4.79 Å². The van der Waals surface area contributed by atoms with Gasteiger partial charge in [-0.2, -0.15) is 4.98 Å². The van der Waals surface area contributed by atoms with Crippen LogP contribution in [0.15, 0.2) is 48.7 Å². The van der Waals surface area contributed by atoms with Gasteiger partial charge in [-0.25, -0.2) is 4.98 Å². The number of amides is 1. The molecule has 1 aromatic heterocycles. The number of nitrogens with one attached hydrogen (secondary N) is 1. The van der Waals surface area contributed by atoms with E-state index < -0.39 is 0 Å². The molecule has 37 heavy (non-hydrogen) atoms. The standard InChI is InChI=1S/C27H32ClN5O4/c1-32-10-12-33(13-11-32)17-21-14-20(23-16-30-27(36-3)31-26(23)35-2)6-9-24(21)37-18-25(34)29-15-19-4-7-22(28)8-5-19/h4-9,14,16H,10-13,15,17-18H2,1-3H3,(H,29,34). The number of nitrogens with zero attached hydrogens (tertiary/aromatic N) is 4. The van der Waals surface area contributed by atoms with Crippen LogP contribution in [0.4, 0.5) is 0 Å². The molecule has 196 valence electrons. The number of halogens is 1. The maximum Gasteiger partial charge on any atom is 0.319 e. The first-order valence-electron chi connectivity index (χ1n) is 12.1. The number of methoxy groups -OCH3 is 2. The number of rotatable bonds is 10. The lowest BCUT2D eigenvalue weighted by Gasteiger charge is -2.32. The van der Waals surface area contributed by atoms with Crippen molar-refractivity contribution in [2.24, 2.45) is 0 Å². The average molecular weight is 526 g/mol. The predicted octanol–water partition coefficient (Wildman–Crippen LogP) is 3.26. The molecule has 1 N–H and O–H groups in total. The van der Waals surface area contributed by atoms with E-state index >= 15 is 0 Å². The highest BCUT2D eigenvalue weighted by molar-refractivity contribution is 6.30. The zero-order valence-electron chi connectivity index (χ0n) is 21.4. The van der Waals surface area contributed by atoms with E-state index in [2.05, 4.69) is 32.1 Å². The van der Waals surface area contributed by atoms with Gasteiger partial charge in [-0.3, -0.25) is 9.69 Å². The van der Waals surface area contributed by atoms with Crippen molar-refractivity contribution in [3.63, 3.8) is 0 Å². The first-order chi connectivity index (χ1) is 17.9. The quantitative estimate of drug-likeness (QED) is 0.431. The first-order valence-corrected chi connectivity index (χ1v) is 12.5. The van der Waals surface area contributed by atoms with Gasteiger partial charge in [0.05, 0.1) is 19.8 Å². The van der Waals surface area contributed by atoms with Crippen LogP contribution in [-0.4, -0.2) is 79.7 Å². The van der Waals surface area contributed by atoms with Gasteiger partial charge < -0.3 is 24.4 Å². The van der Waals surface area contributed by atoms with E-state index in [-0.39, 0.29) is 18.5 Å². The molecule has 1 aliphatic heterocycles. The number of hydrogen-bond acceptors (Lipinski definition) is 8. The van der Waals surface area contributed by atoms with E-state index in [0.29, 0.717) is 29.7 Å². The van der Waals surface area contributed by atoms with E-state index in [1.165, 1.54) is 7.11 Å². The van der Waals surface area contributed by atoms with E-state index in [0.717, 1.165) is 48.4 Å². The maximum atomic E-state index is 12.5. The van der Waals surface area contributed by atoms with Crippen LogP contribution in [0.1, 0.15) is 11.1 Å². The number of aromatic nitrogens is 2. The predicted molar refractivity (Wildman–Crippen MR) is 142 cm³/mol. The zero-order chi connectivity index (χ0) is 26.2. The molecule has 0 radical (unpaired) electrons.